The van der Waals surface area contributed by atoms with Crippen molar-refractivity contribution in [2.75, 3.05) is 12.3 Å². The third-order valence-electron chi connectivity index (χ3n) is 5.09. The zero-order valence-electron chi connectivity index (χ0n) is 17.0. The number of rotatable bonds is 6. The molecule has 0 atom stereocenters. The number of pyridine rings is 1. The van der Waals surface area contributed by atoms with Crippen molar-refractivity contribution in [3.8, 4) is 17.1 Å². The number of aromatic nitrogens is 4. The van der Waals surface area contributed by atoms with Crippen molar-refractivity contribution < 1.29 is 13.2 Å². The molecule has 8 nitrogen and oxygen atoms in total. The van der Waals surface area contributed by atoms with Crippen molar-refractivity contribution in [2.45, 2.75) is 10.1 Å². The van der Waals surface area contributed by atoms with Gasteiger partial charge in [0.05, 0.1) is 5.56 Å². The van der Waals surface area contributed by atoms with Crippen LogP contribution in [0, 0.1) is 0 Å². The number of hydrogen-bond donors (Lipinski definition) is 0. The first-order valence-corrected chi connectivity index (χ1v) is 12.7. The first-order chi connectivity index (χ1) is 16.0. The number of carbonyl (C=O) groups is 1. The number of carbonyl (C=O) groups excluding carboxylic acids is 1. The second-order valence-corrected chi connectivity index (χ2v) is 10.4. The maximum absolute atomic E-state index is 12.8. The number of hydrogen-bond acceptors (Lipinski definition) is 7. The molecule has 0 unspecified atom stereocenters. The largest absolute Gasteiger partial charge is 0.270 e. The van der Waals surface area contributed by atoms with E-state index >= 15 is 0 Å². The van der Waals surface area contributed by atoms with Crippen molar-refractivity contribution in [3.63, 3.8) is 0 Å². The minimum absolute atomic E-state index is 0.0125. The lowest BCUT2D eigenvalue weighted by molar-refractivity contribution is 0.0876. The molecule has 1 amide bonds. The first-order valence-electron chi connectivity index (χ1n) is 9.87. The molecule has 0 spiro atoms. The molecule has 0 saturated heterocycles. The van der Waals surface area contributed by atoms with E-state index in [0.29, 0.717) is 21.8 Å². The second-order valence-electron chi connectivity index (χ2n) is 7.08. The van der Waals surface area contributed by atoms with Crippen LogP contribution in [0.15, 0.2) is 83.1 Å². The molecule has 2 aromatic carbocycles. The van der Waals surface area contributed by atoms with Crippen LogP contribution >= 0.6 is 23.4 Å². The van der Waals surface area contributed by atoms with Crippen LogP contribution in [0.5, 0.6) is 0 Å². The quantitative estimate of drug-likeness (QED) is 0.372. The molecule has 5 rings (SSSR count). The van der Waals surface area contributed by atoms with E-state index < -0.39 is 15.9 Å². The number of nitrogens with zero attached hydrogens (tertiary/aromatic N) is 5. The number of amides is 1. The van der Waals surface area contributed by atoms with Crippen molar-refractivity contribution in [2.24, 2.45) is 0 Å². The molecule has 0 radical (unpaired) electrons. The van der Waals surface area contributed by atoms with Crippen molar-refractivity contribution in [3.05, 3.63) is 83.6 Å². The van der Waals surface area contributed by atoms with Crippen molar-refractivity contribution in [1.29, 1.82) is 0 Å². The fourth-order valence-electron chi connectivity index (χ4n) is 3.55. The summed E-state index contributed by atoms with van der Waals surface area (Å²) < 4.78 is 28.4. The van der Waals surface area contributed by atoms with E-state index in [-0.39, 0.29) is 17.0 Å². The van der Waals surface area contributed by atoms with Crippen LogP contribution in [0.2, 0.25) is 5.02 Å². The SMILES string of the molecule is O=C1c2ccccc2S(=O)(=O)N1CCSc1nnc(-c2ccncc2)n1-c1ccc(Cl)cc1. The van der Waals surface area contributed by atoms with Crippen LogP contribution in [-0.2, 0) is 10.0 Å². The van der Waals surface area contributed by atoms with E-state index in [1.165, 1.54) is 23.9 Å². The molecular weight excluding hydrogens is 482 g/mol. The standard InChI is InChI=1S/C22H16ClN5O3S2/c23-16-5-7-17(8-6-16)28-20(15-9-11-24-12-10-15)25-26-22(28)32-14-13-27-21(29)18-3-1-2-4-19(18)33(27,30)31/h1-12H,13-14H2. The zero-order valence-corrected chi connectivity index (χ0v) is 19.4. The van der Waals surface area contributed by atoms with Crippen LogP contribution in [0.4, 0.5) is 0 Å². The van der Waals surface area contributed by atoms with Gasteiger partial charge in [-0.05, 0) is 48.5 Å². The van der Waals surface area contributed by atoms with E-state index in [1.54, 1.807) is 36.7 Å². The summed E-state index contributed by atoms with van der Waals surface area (Å²) in [5, 5.41) is 9.83. The molecule has 0 bridgehead atoms. The smallest absolute Gasteiger partial charge is 0.269 e. The highest BCUT2D eigenvalue weighted by molar-refractivity contribution is 7.99. The minimum atomic E-state index is -3.85. The Morgan fingerprint density at radius 1 is 0.939 bits per heavy atom. The average molecular weight is 498 g/mol. The van der Waals surface area contributed by atoms with Crippen LogP contribution < -0.4 is 0 Å². The highest BCUT2D eigenvalue weighted by atomic mass is 35.5. The predicted molar refractivity (Wildman–Crippen MR) is 125 cm³/mol. The molecule has 1 aliphatic rings. The van der Waals surface area contributed by atoms with Gasteiger partial charge in [0.15, 0.2) is 11.0 Å². The van der Waals surface area contributed by atoms with Gasteiger partial charge in [-0.15, -0.1) is 10.2 Å². The van der Waals surface area contributed by atoms with Gasteiger partial charge in [0.1, 0.15) is 4.90 Å². The van der Waals surface area contributed by atoms with Gasteiger partial charge in [-0.25, -0.2) is 12.7 Å². The minimum Gasteiger partial charge on any atom is -0.270 e. The van der Waals surface area contributed by atoms with Crippen LogP contribution in [-0.4, -0.2) is 50.7 Å². The predicted octanol–water partition coefficient (Wildman–Crippen LogP) is 3.92. The monoisotopic (exact) mass is 497 g/mol. The molecule has 0 saturated carbocycles. The summed E-state index contributed by atoms with van der Waals surface area (Å²) in [6, 6.07) is 17.2. The molecule has 166 valence electrons. The van der Waals surface area contributed by atoms with Crippen molar-refractivity contribution >= 4 is 39.3 Å². The highest BCUT2D eigenvalue weighted by Crippen LogP contribution is 2.32. The van der Waals surface area contributed by atoms with E-state index in [2.05, 4.69) is 15.2 Å². The fourth-order valence-corrected chi connectivity index (χ4v) is 6.23. The highest BCUT2D eigenvalue weighted by Gasteiger charge is 2.40. The molecule has 3 heterocycles. The lowest BCUT2D eigenvalue weighted by Gasteiger charge is -2.15. The lowest BCUT2D eigenvalue weighted by atomic mass is 10.2. The Morgan fingerprint density at radius 2 is 1.67 bits per heavy atom. The summed E-state index contributed by atoms with van der Waals surface area (Å²) in [7, 11) is -3.85. The molecule has 1 aliphatic heterocycles. The maximum Gasteiger partial charge on any atom is 0.269 e. The Labute approximate surface area is 199 Å². The van der Waals surface area contributed by atoms with Crippen molar-refractivity contribution in [1.82, 2.24) is 24.1 Å². The fraction of sp³-hybridized carbons (Fsp3) is 0.0909. The number of fused-ring (bicyclic) bond motifs is 1. The Bertz CT molecular complexity index is 1440. The van der Waals surface area contributed by atoms with E-state index in [9.17, 15) is 13.2 Å². The molecule has 0 fully saturated rings. The molecule has 0 N–H and O–H groups in total. The van der Waals surface area contributed by atoms with Gasteiger partial charge in [-0.3, -0.25) is 14.3 Å². The zero-order chi connectivity index (χ0) is 23.0. The summed E-state index contributed by atoms with van der Waals surface area (Å²) >= 11 is 7.37. The third kappa shape index (κ3) is 3.90. The van der Waals surface area contributed by atoms with Crippen LogP contribution in [0.25, 0.3) is 17.1 Å². The van der Waals surface area contributed by atoms with E-state index in [4.69, 9.17) is 11.6 Å². The third-order valence-corrected chi connectivity index (χ3v) is 8.10. The molecule has 2 aromatic heterocycles. The Kier molecular flexibility index (Phi) is 5.65. The molecule has 0 aliphatic carbocycles. The van der Waals surface area contributed by atoms with Gasteiger partial charge in [0.25, 0.3) is 15.9 Å². The van der Waals surface area contributed by atoms with Gasteiger partial charge in [-0.1, -0.05) is 35.5 Å². The Balaban J connectivity index is 1.42. The van der Waals surface area contributed by atoms with Crippen LogP contribution in [0.3, 0.4) is 0 Å². The topological polar surface area (TPSA) is 98.1 Å². The maximum atomic E-state index is 12.8. The van der Waals surface area contributed by atoms with E-state index in [0.717, 1.165) is 15.6 Å². The van der Waals surface area contributed by atoms with Gasteiger partial charge in [0, 0.05) is 41.0 Å². The number of thioether (sulfide) groups is 1. The average Bonchev–Trinajstić information content (AvgIpc) is 3.33. The molecular formula is C22H16ClN5O3S2. The number of benzene rings is 2. The second kappa shape index (κ2) is 8.62. The van der Waals surface area contributed by atoms with Crippen LogP contribution in [0.1, 0.15) is 10.4 Å². The molecule has 11 heteroatoms. The molecule has 4 aromatic rings. The van der Waals surface area contributed by atoms with Gasteiger partial charge >= 0.3 is 0 Å². The molecule has 33 heavy (non-hydrogen) atoms. The van der Waals surface area contributed by atoms with Gasteiger partial charge < -0.3 is 0 Å². The Morgan fingerprint density at radius 3 is 2.39 bits per heavy atom. The van der Waals surface area contributed by atoms with Gasteiger partial charge in [0.2, 0.25) is 0 Å². The number of halogens is 1. The number of sulfonamides is 1. The summed E-state index contributed by atoms with van der Waals surface area (Å²) in [6.07, 6.45) is 3.34. The summed E-state index contributed by atoms with van der Waals surface area (Å²) in [5.41, 5.74) is 1.83. The first kappa shape index (κ1) is 21.6. The summed E-state index contributed by atoms with van der Waals surface area (Å²) in [6.45, 7) is 0.0125. The summed E-state index contributed by atoms with van der Waals surface area (Å²) in [5.74, 6) is 0.406. The van der Waals surface area contributed by atoms with E-state index in [1.807, 2.05) is 28.8 Å². The summed E-state index contributed by atoms with van der Waals surface area (Å²) in [4.78, 5) is 16.7. The normalized spacial score (nSPS) is 14.5. The Hall–Kier alpha value is -3.21. The lowest BCUT2D eigenvalue weighted by Crippen LogP contribution is -2.32. The van der Waals surface area contributed by atoms with Gasteiger partial charge in [-0.2, -0.15) is 0 Å².